The second-order valence-corrected chi connectivity index (χ2v) is 7.35. The first kappa shape index (κ1) is 20.9. The van der Waals surface area contributed by atoms with Gasteiger partial charge in [0.2, 0.25) is 0 Å². The molecule has 0 aromatic heterocycles. The summed E-state index contributed by atoms with van der Waals surface area (Å²) in [6.07, 6.45) is 3.11. The van der Waals surface area contributed by atoms with Gasteiger partial charge in [-0.05, 0) is 42.0 Å². The summed E-state index contributed by atoms with van der Waals surface area (Å²) in [5, 5.41) is 0. The van der Waals surface area contributed by atoms with Crippen molar-refractivity contribution in [3.05, 3.63) is 59.7 Å². The Kier molecular flexibility index (Phi) is 7.65. The quantitative estimate of drug-likeness (QED) is 0.342. The van der Waals surface area contributed by atoms with Crippen LogP contribution in [-0.4, -0.2) is 24.7 Å². The van der Waals surface area contributed by atoms with Gasteiger partial charge in [0.15, 0.2) is 0 Å². The van der Waals surface area contributed by atoms with E-state index < -0.39 is 15.6 Å². The van der Waals surface area contributed by atoms with Gasteiger partial charge >= 0.3 is 15.6 Å². The zero-order chi connectivity index (χ0) is 18.4. The van der Waals surface area contributed by atoms with Gasteiger partial charge in [0.25, 0.3) is 0 Å². The maximum atomic E-state index is 10.7. The highest BCUT2D eigenvalue weighted by atomic mass is 32.2. The highest BCUT2D eigenvalue weighted by Gasteiger charge is 2.44. The highest BCUT2D eigenvalue weighted by Crippen LogP contribution is 2.23. The highest BCUT2D eigenvalue weighted by molar-refractivity contribution is 7.98. The summed E-state index contributed by atoms with van der Waals surface area (Å²) in [5.74, 6) is 0. The molecule has 0 amide bonds. The number of thiol groups is 1. The third-order valence-electron chi connectivity index (χ3n) is 2.82. The summed E-state index contributed by atoms with van der Waals surface area (Å²) in [7, 11) is -5.84. The molecule has 0 aliphatic heterocycles. The molecule has 0 saturated heterocycles. The van der Waals surface area contributed by atoms with Crippen LogP contribution in [0.25, 0.3) is 0 Å². The molecule has 0 heterocycles. The molecule has 132 valence electrons. The molecule has 0 fully saturated rings. The van der Waals surface area contributed by atoms with Crippen LogP contribution < -0.4 is 0 Å². The van der Waals surface area contributed by atoms with Gasteiger partial charge in [-0.3, -0.25) is 4.55 Å². The minimum atomic E-state index is -5.84. The predicted molar refractivity (Wildman–Crippen MR) is 92.3 cm³/mol. The van der Waals surface area contributed by atoms with Gasteiger partial charge in [0.1, 0.15) is 0 Å². The Labute approximate surface area is 148 Å². The lowest BCUT2D eigenvalue weighted by Gasteiger charge is -2.07. The lowest BCUT2D eigenvalue weighted by atomic mass is 10.1. The summed E-state index contributed by atoms with van der Waals surface area (Å²) in [6.45, 7) is 0. The number of rotatable bonds is 3. The van der Waals surface area contributed by atoms with E-state index in [0.29, 0.717) is 0 Å². The van der Waals surface area contributed by atoms with Crippen molar-refractivity contribution in [2.24, 2.45) is 0 Å². The fourth-order valence-electron chi connectivity index (χ4n) is 1.68. The molecule has 0 unspecified atom stereocenters. The van der Waals surface area contributed by atoms with Crippen LogP contribution in [0.3, 0.4) is 0 Å². The van der Waals surface area contributed by atoms with Crippen LogP contribution in [0.5, 0.6) is 0 Å². The average molecular weight is 396 g/mol. The molecule has 0 aliphatic carbocycles. The second-order valence-electron chi connectivity index (χ2n) is 4.58. The van der Waals surface area contributed by atoms with E-state index in [4.69, 9.17) is 13.0 Å². The van der Waals surface area contributed by atoms with Gasteiger partial charge in [-0.1, -0.05) is 30.3 Å². The van der Waals surface area contributed by atoms with E-state index in [1.165, 1.54) is 16.0 Å². The van der Waals surface area contributed by atoms with Gasteiger partial charge in [0, 0.05) is 9.79 Å². The van der Waals surface area contributed by atoms with Crippen LogP contribution in [0, 0.1) is 0 Å². The maximum Gasteiger partial charge on any atom is 0.522 e. The minimum Gasteiger partial charge on any atom is -0.279 e. The fourth-order valence-corrected chi connectivity index (χ4v) is 2.45. The van der Waals surface area contributed by atoms with Crippen LogP contribution in [0.1, 0.15) is 11.1 Å². The largest absolute Gasteiger partial charge is 0.522 e. The number of alkyl halides is 3. The summed E-state index contributed by atoms with van der Waals surface area (Å²) in [6, 6.07) is 16.9. The second kappa shape index (κ2) is 8.80. The molecule has 24 heavy (non-hydrogen) atoms. The zero-order valence-corrected chi connectivity index (χ0v) is 15.0. The normalized spacial score (nSPS) is 11.6. The molecule has 0 atom stereocenters. The van der Waals surface area contributed by atoms with Gasteiger partial charge in [-0.25, -0.2) is 0 Å². The van der Waals surface area contributed by atoms with E-state index in [1.807, 2.05) is 12.1 Å². The van der Waals surface area contributed by atoms with E-state index in [0.717, 1.165) is 11.3 Å². The van der Waals surface area contributed by atoms with Crippen LogP contribution in [0.15, 0.2) is 58.3 Å². The predicted octanol–water partition coefficient (Wildman–Crippen LogP) is 4.68. The molecule has 3 nitrogen and oxygen atoms in total. The minimum absolute atomic E-state index is 0.991. The first-order valence-electron chi connectivity index (χ1n) is 6.48. The van der Waals surface area contributed by atoms with Crippen molar-refractivity contribution in [3.63, 3.8) is 0 Å². The lowest BCUT2D eigenvalue weighted by Crippen LogP contribution is -2.21. The molecule has 2 rings (SSSR count). The summed E-state index contributed by atoms with van der Waals surface area (Å²) < 4.78 is 57.5. The Bertz CT molecular complexity index is 758. The fraction of sp³-hybridized carbons (Fsp3) is 0.200. The molecule has 0 saturated carbocycles. The van der Waals surface area contributed by atoms with Gasteiger partial charge < -0.3 is 0 Å². The number of benzene rings is 2. The summed E-state index contributed by atoms with van der Waals surface area (Å²) >= 11 is 6.10. The Morgan fingerprint density at radius 3 is 2.04 bits per heavy atom. The third-order valence-corrected chi connectivity index (χ3v) is 4.54. The Balaban J connectivity index is 0.000000307. The van der Waals surface area contributed by atoms with Gasteiger partial charge in [0.05, 0.1) is 0 Å². The SMILES string of the molecule is CSc1ccccc1Cc1ccc(S)cc1.O=S(=O)(O)C(F)(F)F. The molecule has 1 N–H and O–H groups in total. The van der Waals surface area contributed by atoms with Crippen molar-refractivity contribution in [2.75, 3.05) is 6.26 Å². The van der Waals surface area contributed by atoms with Crippen LogP contribution in [0.4, 0.5) is 13.2 Å². The van der Waals surface area contributed by atoms with Crippen molar-refractivity contribution in [1.29, 1.82) is 0 Å². The molecule has 2 aromatic rings. The Morgan fingerprint density at radius 2 is 1.58 bits per heavy atom. The standard InChI is InChI=1S/C14H14S2.CHF3O3S/c1-16-14-5-3-2-4-12(14)10-11-6-8-13(15)9-7-11;2-1(3,4)8(5,6)7/h2-9,15H,10H2,1H3;(H,5,6,7). The topological polar surface area (TPSA) is 54.4 Å². The smallest absolute Gasteiger partial charge is 0.279 e. The first-order chi connectivity index (χ1) is 11.0. The van der Waals surface area contributed by atoms with Crippen molar-refractivity contribution < 1.29 is 26.1 Å². The molecule has 0 radical (unpaired) electrons. The molecular formula is C15H15F3O3S3. The molecule has 2 aromatic carbocycles. The summed E-state index contributed by atoms with van der Waals surface area (Å²) in [4.78, 5) is 2.37. The van der Waals surface area contributed by atoms with Crippen molar-refractivity contribution >= 4 is 34.5 Å². The van der Waals surface area contributed by atoms with Gasteiger partial charge in [-0.2, -0.15) is 21.6 Å². The van der Waals surface area contributed by atoms with E-state index in [2.05, 4.69) is 55.3 Å². The van der Waals surface area contributed by atoms with Crippen LogP contribution in [-0.2, 0) is 16.5 Å². The van der Waals surface area contributed by atoms with Gasteiger partial charge in [-0.15, -0.1) is 24.4 Å². The van der Waals surface area contributed by atoms with E-state index >= 15 is 0 Å². The number of thioether (sulfide) groups is 1. The first-order valence-corrected chi connectivity index (χ1v) is 9.59. The monoisotopic (exact) mass is 396 g/mol. The van der Waals surface area contributed by atoms with Crippen LogP contribution >= 0.6 is 24.4 Å². The Hall–Kier alpha value is -1.16. The lowest BCUT2D eigenvalue weighted by molar-refractivity contribution is -0.0510. The number of hydrogen-bond donors (Lipinski definition) is 2. The molecule has 0 spiro atoms. The average Bonchev–Trinajstić information content (AvgIpc) is 2.49. The maximum absolute atomic E-state index is 10.7. The zero-order valence-electron chi connectivity index (χ0n) is 12.5. The van der Waals surface area contributed by atoms with Crippen LogP contribution in [0.2, 0.25) is 0 Å². The molecule has 0 bridgehead atoms. The molecular weight excluding hydrogens is 381 g/mol. The number of halogens is 3. The molecule has 9 heteroatoms. The van der Waals surface area contributed by atoms with E-state index in [-0.39, 0.29) is 0 Å². The van der Waals surface area contributed by atoms with Crippen molar-refractivity contribution in [1.82, 2.24) is 0 Å². The van der Waals surface area contributed by atoms with Crippen molar-refractivity contribution in [2.45, 2.75) is 21.7 Å². The van der Waals surface area contributed by atoms with E-state index in [9.17, 15) is 13.2 Å². The summed E-state index contributed by atoms with van der Waals surface area (Å²) in [5.41, 5.74) is -2.81. The van der Waals surface area contributed by atoms with E-state index in [1.54, 1.807) is 11.8 Å². The third kappa shape index (κ3) is 6.76. The number of hydrogen-bond acceptors (Lipinski definition) is 4. The molecule has 0 aliphatic rings. The Morgan fingerprint density at radius 1 is 1.08 bits per heavy atom. The van der Waals surface area contributed by atoms with Crippen molar-refractivity contribution in [3.8, 4) is 0 Å².